The summed E-state index contributed by atoms with van der Waals surface area (Å²) in [6.45, 7) is 6.59. The third-order valence-corrected chi connectivity index (χ3v) is 6.01. The van der Waals surface area contributed by atoms with E-state index in [4.69, 9.17) is 4.84 Å². The number of nitrogens with zero attached hydrogens (tertiary/aromatic N) is 1. The predicted molar refractivity (Wildman–Crippen MR) is 82.4 cm³/mol. The molecule has 0 saturated heterocycles. The number of rotatable bonds is 3. The minimum absolute atomic E-state index is 0.0258. The largest absolute Gasteiger partial charge is 0.390 e. The average Bonchev–Trinajstić information content (AvgIpc) is 2.35. The van der Waals surface area contributed by atoms with Crippen LogP contribution in [-0.2, 0) is 9.63 Å². The summed E-state index contributed by atoms with van der Waals surface area (Å²) in [4.78, 5) is 17.5. The quantitative estimate of drug-likeness (QED) is 0.814. The number of hydrogen-bond donors (Lipinski definition) is 1. The van der Waals surface area contributed by atoms with Crippen molar-refractivity contribution in [3.63, 3.8) is 0 Å². The zero-order valence-electron chi connectivity index (χ0n) is 14.2. The number of carbonyl (C=O) groups excluding carboxylic acids is 1. The van der Waals surface area contributed by atoms with E-state index < -0.39 is 5.60 Å². The van der Waals surface area contributed by atoms with Crippen LogP contribution in [0.2, 0.25) is 0 Å². The van der Waals surface area contributed by atoms with Crippen LogP contribution in [-0.4, -0.2) is 35.8 Å². The number of aliphatic hydroxyl groups is 1. The number of fused-ring (bicyclic) bond motifs is 1. The molecule has 2 fully saturated rings. The Morgan fingerprint density at radius 1 is 1.29 bits per heavy atom. The molecule has 1 N–H and O–H groups in total. The van der Waals surface area contributed by atoms with Crippen LogP contribution in [0, 0.1) is 16.7 Å². The summed E-state index contributed by atoms with van der Waals surface area (Å²) < 4.78 is 0. The highest BCUT2D eigenvalue weighted by atomic mass is 16.7. The molecule has 1 amide bonds. The molecule has 2 saturated carbocycles. The van der Waals surface area contributed by atoms with Crippen molar-refractivity contribution in [2.45, 2.75) is 71.3 Å². The van der Waals surface area contributed by atoms with Gasteiger partial charge < -0.3 is 5.11 Å². The minimum Gasteiger partial charge on any atom is -0.390 e. The SMILES string of the molecule is CON(C)C(=O)C[C@]12CCCC(C)(C)[C@@H]1CC[C@@](C)(O)C2. The van der Waals surface area contributed by atoms with Gasteiger partial charge in [-0.3, -0.25) is 9.63 Å². The van der Waals surface area contributed by atoms with Gasteiger partial charge in [0.25, 0.3) is 0 Å². The standard InChI is InChI=1S/C17H31NO3/c1-15(2)8-6-9-17(11-14(19)18(4)21-5)12-16(3,20)10-7-13(15)17/h13,20H,6-12H2,1-5H3/t13-,16+,17-/m0/s1. The second-order valence-electron chi connectivity index (χ2n) is 8.22. The van der Waals surface area contributed by atoms with Gasteiger partial charge in [-0.1, -0.05) is 20.3 Å². The molecule has 2 rings (SSSR count). The van der Waals surface area contributed by atoms with E-state index in [1.807, 2.05) is 6.92 Å². The summed E-state index contributed by atoms with van der Waals surface area (Å²) in [6.07, 6.45) is 6.49. The van der Waals surface area contributed by atoms with Crippen molar-refractivity contribution in [2.75, 3.05) is 14.2 Å². The summed E-state index contributed by atoms with van der Waals surface area (Å²) in [7, 11) is 3.19. The molecule has 0 aromatic carbocycles. The summed E-state index contributed by atoms with van der Waals surface area (Å²) in [5.41, 5.74) is -0.468. The Balaban J connectivity index is 2.29. The summed E-state index contributed by atoms with van der Waals surface area (Å²) in [5.74, 6) is 0.533. The van der Waals surface area contributed by atoms with E-state index in [2.05, 4.69) is 13.8 Å². The van der Waals surface area contributed by atoms with Crippen LogP contribution in [0.15, 0.2) is 0 Å². The van der Waals surface area contributed by atoms with Gasteiger partial charge in [-0.05, 0) is 55.8 Å². The monoisotopic (exact) mass is 297 g/mol. The minimum atomic E-state index is -0.643. The molecule has 3 atom stereocenters. The molecule has 0 heterocycles. The Hall–Kier alpha value is -0.610. The smallest absolute Gasteiger partial charge is 0.246 e. The van der Waals surface area contributed by atoms with Gasteiger partial charge in [0.1, 0.15) is 0 Å². The van der Waals surface area contributed by atoms with Crippen LogP contribution in [0.5, 0.6) is 0 Å². The number of hydroxylamine groups is 2. The van der Waals surface area contributed by atoms with E-state index in [1.54, 1.807) is 7.05 Å². The van der Waals surface area contributed by atoms with Crippen molar-refractivity contribution in [1.29, 1.82) is 0 Å². The summed E-state index contributed by atoms with van der Waals surface area (Å²) in [5, 5.41) is 11.9. The van der Waals surface area contributed by atoms with Gasteiger partial charge in [0.05, 0.1) is 12.7 Å². The van der Waals surface area contributed by atoms with Crippen molar-refractivity contribution in [3.05, 3.63) is 0 Å². The van der Waals surface area contributed by atoms with Crippen molar-refractivity contribution in [1.82, 2.24) is 5.06 Å². The molecule has 2 aliphatic carbocycles. The van der Waals surface area contributed by atoms with E-state index >= 15 is 0 Å². The lowest BCUT2D eigenvalue weighted by molar-refractivity contribution is -0.181. The van der Waals surface area contributed by atoms with Crippen LogP contribution in [0.25, 0.3) is 0 Å². The molecule has 0 unspecified atom stereocenters. The molecule has 0 aromatic rings. The highest BCUT2D eigenvalue weighted by Gasteiger charge is 2.55. The highest BCUT2D eigenvalue weighted by Crippen LogP contribution is 2.61. The van der Waals surface area contributed by atoms with Crippen LogP contribution in [0.1, 0.15) is 65.7 Å². The second kappa shape index (κ2) is 5.54. The van der Waals surface area contributed by atoms with Gasteiger partial charge in [-0.25, -0.2) is 5.06 Å². The summed E-state index contributed by atoms with van der Waals surface area (Å²) in [6, 6.07) is 0. The number of amides is 1. The molecular formula is C17H31NO3. The summed E-state index contributed by atoms with van der Waals surface area (Å²) >= 11 is 0. The first-order valence-electron chi connectivity index (χ1n) is 8.15. The van der Waals surface area contributed by atoms with Gasteiger partial charge in [-0.2, -0.15) is 0 Å². The lowest BCUT2D eigenvalue weighted by atomic mass is 9.48. The zero-order valence-corrected chi connectivity index (χ0v) is 14.2. The fourth-order valence-electron chi connectivity index (χ4n) is 5.07. The van der Waals surface area contributed by atoms with Gasteiger partial charge in [0, 0.05) is 13.5 Å². The first-order valence-corrected chi connectivity index (χ1v) is 8.15. The molecule has 0 aromatic heterocycles. The molecule has 4 nitrogen and oxygen atoms in total. The molecule has 0 spiro atoms. The van der Waals surface area contributed by atoms with Gasteiger partial charge >= 0.3 is 0 Å². The zero-order chi connectivity index (χ0) is 15.9. The van der Waals surface area contributed by atoms with Gasteiger partial charge in [0.15, 0.2) is 0 Å². The van der Waals surface area contributed by atoms with E-state index in [0.717, 1.165) is 32.1 Å². The Bertz CT molecular complexity index is 405. The Kier molecular flexibility index (Phi) is 4.42. The fraction of sp³-hybridized carbons (Fsp3) is 0.941. The number of carbonyl (C=O) groups is 1. The van der Waals surface area contributed by atoms with E-state index in [0.29, 0.717) is 12.3 Å². The van der Waals surface area contributed by atoms with Gasteiger partial charge in [-0.15, -0.1) is 0 Å². The topological polar surface area (TPSA) is 49.8 Å². The van der Waals surface area contributed by atoms with Crippen molar-refractivity contribution < 1.29 is 14.7 Å². The fourth-order valence-corrected chi connectivity index (χ4v) is 5.07. The lowest BCUT2D eigenvalue weighted by Gasteiger charge is -2.58. The molecule has 0 aliphatic heterocycles. The van der Waals surface area contributed by atoms with Crippen molar-refractivity contribution in [3.8, 4) is 0 Å². The average molecular weight is 297 g/mol. The molecule has 21 heavy (non-hydrogen) atoms. The Morgan fingerprint density at radius 3 is 2.57 bits per heavy atom. The Morgan fingerprint density at radius 2 is 1.95 bits per heavy atom. The van der Waals surface area contributed by atoms with E-state index in [1.165, 1.54) is 18.6 Å². The van der Waals surface area contributed by atoms with Crippen LogP contribution < -0.4 is 0 Å². The molecule has 4 heteroatoms. The lowest BCUT2D eigenvalue weighted by Crippen LogP contribution is -2.53. The normalized spacial score (nSPS) is 38.7. The second-order valence-corrected chi connectivity index (χ2v) is 8.22. The molecular weight excluding hydrogens is 266 g/mol. The maximum Gasteiger partial charge on any atom is 0.246 e. The predicted octanol–water partition coefficient (Wildman–Crippen LogP) is 3.14. The first kappa shape index (κ1) is 16.8. The van der Waals surface area contributed by atoms with Crippen LogP contribution >= 0.6 is 0 Å². The maximum absolute atomic E-state index is 12.4. The first-order chi connectivity index (χ1) is 9.62. The van der Waals surface area contributed by atoms with E-state index in [-0.39, 0.29) is 16.7 Å². The molecule has 122 valence electrons. The van der Waals surface area contributed by atoms with Crippen LogP contribution in [0.3, 0.4) is 0 Å². The maximum atomic E-state index is 12.4. The third-order valence-electron chi connectivity index (χ3n) is 6.01. The molecule has 0 bridgehead atoms. The van der Waals surface area contributed by atoms with E-state index in [9.17, 15) is 9.90 Å². The Labute approximate surface area is 128 Å². The number of hydrogen-bond acceptors (Lipinski definition) is 3. The van der Waals surface area contributed by atoms with Gasteiger partial charge in [0.2, 0.25) is 5.91 Å². The molecule has 2 aliphatic rings. The third kappa shape index (κ3) is 3.26. The molecule has 0 radical (unpaired) electrons. The van der Waals surface area contributed by atoms with Crippen LogP contribution in [0.4, 0.5) is 0 Å². The van der Waals surface area contributed by atoms with Crippen molar-refractivity contribution >= 4 is 5.91 Å². The highest BCUT2D eigenvalue weighted by molar-refractivity contribution is 5.75. The van der Waals surface area contributed by atoms with Crippen molar-refractivity contribution in [2.24, 2.45) is 16.7 Å².